The fraction of sp³-hybridized carbons (Fsp3) is 0.500. The molecule has 0 heterocycles. The number of benzene rings is 2. The second-order valence-corrected chi connectivity index (χ2v) is 8.77. The lowest BCUT2D eigenvalue weighted by atomic mass is 9.81. The molecule has 0 aliphatic heterocycles. The Balaban J connectivity index is 2.30. The normalized spacial score (nSPS) is 14.9. The third-order valence-electron chi connectivity index (χ3n) is 4.91. The lowest BCUT2D eigenvalue weighted by molar-refractivity contribution is -0.177. The first-order valence-electron chi connectivity index (χ1n) is 9.76. The van der Waals surface area contributed by atoms with E-state index in [1.807, 2.05) is 19.1 Å². The molecule has 0 bridgehead atoms. The van der Waals surface area contributed by atoms with Crippen LogP contribution >= 0.6 is 20.2 Å². The monoisotopic (exact) mass is 421 g/mol. The van der Waals surface area contributed by atoms with Gasteiger partial charge in [0.05, 0.1) is 6.61 Å². The van der Waals surface area contributed by atoms with E-state index in [1.165, 1.54) is 10.8 Å². The third kappa shape index (κ3) is 5.34. The summed E-state index contributed by atoms with van der Waals surface area (Å²) in [5.74, 6) is 0.321. The van der Waals surface area contributed by atoms with E-state index in [0.717, 1.165) is 4.90 Å². The summed E-state index contributed by atoms with van der Waals surface area (Å²) in [5.41, 5.74) is -1.18. The van der Waals surface area contributed by atoms with E-state index in [9.17, 15) is 9.36 Å². The van der Waals surface area contributed by atoms with E-state index >= 15 is 0 Å². The minimum Gasteiger partial charge on any atom is -0.464 e. The highest BCUT2D eigenvalue weighted by Crippen LogP contribution is 2.38. The fourth-order valence-electron chi connectivity index (χ4n) is 3.50. The predicted molar refractivity (Wildman–Crippen MR) is 118 cm³/mol. The van der Waals surface area contributed by atoms with Crippen LogP contribution in [0.3, 0.4) is 0 Å². The molecule has 6 heteroatoms. The summed E-state index contributed by atoms with van der Waals surface area (Å²) in [6.07, 6.45) is 0.154. The summed E-state index contributed by atoms with van der Waals surface area (Å²) in [7, 11) is -0.625. The van der Waals surface area contributed by atoms with Crippen LogP contribution in [-0.4, -0.2) is 36.7 Å². The summed E-state index contributed by atoms with van der Waals surface area (Å²) >= 11 is 1.70. The van der Waals surface area contributed by atoms with E-state index < -0.39 is 20.0 Å². The van der Waals surface area contributed by atoms with Gasteiger partial charge in [0.15, 0.2) is 6.16 Å². The number of hydrogen-bond donors (Lipinski definition) is 0. The standard InChI is InChI=1S/C22H29O4PS/c1-5-25-21(23)22(15-27-24,26-6-2)20(16(3)4)14-28-19-12-11-17-9-7-8-10-18(17)13-19/h7-13,16,20H,5-6,14-15H2,1-4H3/p+1. The summed E-state index contributed by atoms with van der Waals surface area (Å²) in [6, 6.07) is 14.6. The first kappa shape index (κ1) is 22.9. The highest BCUT2D eigenvalue weighted by Gasteiger charge is 2.52. The van der Waals surface area contributed by atoms with Gasteiger partial charge in [-0.1, -0.05) is 48.7 Å². The molecule has 2 rings (SSSR count). The van der Waals surface area contributed by atoms with Crippen molar-refractivity contribution < 1.29 is 18.8 Å². The largest absolute Gasteiger partial charge is 0.464 e. The molecule has 0 aliphatic carbocycles. The number of carbonyl (C=O) groups excluding carboxylic acids is 1. The average Bonchev–Trinajstić information content (AvgIpc) is 2.68. The van der Waals surface area contributed by atoms with Crippen molar-refractivity contribution >= 4 is 37.0 Å². The zero-order valence-electron chi connectivity index (χ0n) is 17.1. The van der Waals surface area contributed by atoms with Crippen molar-refractivity contribution in [3.63, 3.8) is 0 Å². The molecule has 4 nitrogen and oxygen atoms in total. The Morgan fingerprint density at radius 3 is 2.43 bits per heavy atom. The smallest absolute Gasteiger partial charge is 0.343 e. The fourth-order valence-corrected chi connectivity index (χ4v) is 5.62. The molecule has 0 saturated heterocycles. The number of fused-ring (bicyclic) bond motifs is 1. The lowest BCUT2D eigenvalue weighted by Gasteiger charge is -2.37. The Labute approximate surface area is 173 Å². The van der Waals surface area contributed by atoms with E-state index in [0.29, 0.717) is 12.4 Å². The number of thioether (sulfide) groups is 1. The molecule has 0 N–H and O–H groups in total. The van der Waals surface area contributed by atoms with Crippen molar-refractivity contribution in [3.05, 3.63) is 42.5 Å². The van der Waals surface area contributed by atoms with Gasteiger partial charge < -0.3 is 9.47 Å². The van der Waals surface area contributed by atoms with Gasteiger partial charge in [0.2, 0.25) is 5.60 Å². The molecule has 0 fully saturated rings. The molecule has 2 aromatic rings. The van der Waals surface area contributed by atoms with E-state index in [1.54, 1.807) is 18.7 Å². The number of rotatable bonds is 11. The number of esters is 1. The van der Waals surface area contributed by atoms with Crippen LogP contribution in [0.4, 0.5) is 0 Å². The zero-order valence-corrected chi connectivity index (χ0v) is 18.9. The van der Waals surface area contributed by atoms with Gasteiger partial charge in [0.1, 0.15) is 0 Å². The molecule has 0 amide bonds. The Morgan fingerprint density at radius 2 is 1.82 bits per heavy atom. The van der Waals surface area contributed by atoms with Crippen molar-refractivity contribution in [2.45, 2.75) is 38.2 Å². The molecule has 0 aromatic heterocycles. The van der Waals surface area contributed by atoms with Gasteiger partial charge >= 0.3 is 14.4 Å². The SMILES string of the molecule is CCOC(=O)C(C[PH+]=O)(OCC)C(CSc1ccc2ccccc2c1)C(C)C. The average molecular weight is 422 g/mol. The van der Waals surface area contributed by atoms with Gasteiger partial charge in [0.25, 0.3) is 0 Å². The van der Waals surface area contributed by atoms with E-state index in [-0.39, 0.29) is 24.6 Å². The minimum atomic E-state index is -1.18. The molecular weight excluding hydrogens is 391 g/mol. The van der Waals surface area contributed by atoms with Gasteiger partial charge in [-0.15, -0.1) is 11.8 Å². The maximum Gasteiger partial charge on any atom is 0.343 e. The number of carbonyl (C=O) groups is 1. The Morgan fingerprint density at radius 1 is 1.11 bits per heavy atom. The molecule has 152 valence electrons. The molecular formula is C22H30O4PS+. The van der Waals surface area contributed by atoms with Crippen LogP contribution in [0.2, 0.25) is 0 Å². The number of hydrogen-bond acceptors (Lipinski definition) is 5. The summed E-state index contributed by atoms with van der Waals surface area (Å²) < 4.78 is 22.9. The highest BCUT2D eigenvalue weighted by molar-refractivity contribution is 7.99. The van der Waals surface area contributed by atoms with Gasteiger partial charge in [0, 0.05) is 23.2 Å². The molecule has 0 aliphatic rings. The lowest BCUT2D eigenvalue weighted by Crippen LogP contribution is -2.54. The topological polar surface area (TPSA) is 52.6 Å². The van der Waals surface area contributed by atoms with Crippen molar-refractivity contribution in [2.24, 2.45) is 11.8 Å². The second kappa shape index (κ2) is 10.9. The molecule has 28 heavy (non-hydrogen) atoms. The summed E-state index contributed by atoms with van der Waals surface area (Å²) in [4.78, 5) is 14.0. The Hall–Kier alpha value is -1.42. The van der Waals surface area contributed by atoms with Crippen LogP contribution in [0.25, 0.3) is 10.8 Å². The predicted octanol–water partition coefficient (Wildman–Crippen LogP) is 5.57. The highest BCUT2D eigenvalue weighted by atomic mass is 32.2. The first-order valence-corrected chi connectivity index (χ1v) is 11.9. The van der Waals surface area contributed by atoms with Gasteiger partial charge in [-0.25, -0.2) is 4.79 Å². The van der Waals surface area contributed by atoms with Crippen LogP contribution in [0.15, 0.2) is 47.4 Å². The summed E-state index contributed by atoms with van der Waals surface area (Å²) in [6.45, 7) is 8.43. The molecule has 3 atom stereocenters. The van der Waals surface area contributed by atoms with Crippen molar-refractivity contribution in [2.75, 3.05) is 25.1 Å². The molecule has 3 unspecified atom stereocenters. The minimum absolute atomic E-state index is 0.121. The second-order valence-electron chi connectivity index (χ2n) is 7.03. The Bertz CT molecular complexity index is 795. The van der Waals surface area contributed by atoms with Crippen molar-refractivity contribution in [1.29, 1.82) is 0 Å². The van der Waals surface area contributed by atoms with Crippen molar-refractivity contribution in [3.8, 4) is 0 Å². The van der Waals surface area contributed by atoms with Crippen molar-refractivity contribution in [1.82, 2.24) is 0 Å². The zero-order chi connectivity index (χ0) is 20.6. The van der Waals surface area contributed by atoms with Gasteiger partial charge in [-0.3, -0.25) is 0 Å². The van der Waals surface area contributed by atoms with Crippen LogP contribution < -0.4 is 0 Å². The number of ether oxygens (including phenoxy) is 2. The van der Waals surface area contributed by atoms with Crippen LogP contribution in [0.1, 0.15) is 27.7 Å². The maximum absolute atomic E-state index is 12.9. The van der Waals surface area contributed by atoms with Crippen LogP contribution in [0.5, 0.6) is 0 Å². The quantitative estimate of drug-likeness (QED) is 0.270. The van der Waals surface area contributed by atoms with Gasteiger partial charge in [-0.05, 0) is 42.7 Å². The van der Waals surface area contributed by atoms with Crippen LogP contribution in [0, 0.1) is 11.8 Å². The molecule has 0 spiro atoms. The van der Waals surface area contributed by atoms with Gasteiger partial charge in [-0.2, -0.15) is 0 Å². The van der Waals surface area contributed by atoms with E-state index in [4.69, 9.17) is 9.47 Å². The first-order chi connectivity index (χ1) is 13.5. The Kier molecular flexibility index (Phi) is 8.94. The summed E-state index contributed by atoms with van der Waals surface area (Å²) in [5, 5.41) is 2.39. The molecule has 2 aromatic carbocycles. The van der Waals surface area contributed by atoms with Crippen LogP contribution in [-0.2, 0) is 18.8 Å². The molecule has 0 saturated carbocycles. The maximum atomic E-state index is 12.9. The molecule has 0 radical (unpaired) electrons. The van der Waals surface area contributed by atoms with E-state index in [2.05, 4.69) is 44.2 Å². The third-order valence-corrected chi connectivity index (χ3v) is 6.69.